The van der Waals surface area contributed by atoms with Gasteiger partial charge in [-0.2, -0.15) is 0 Å². The zero-order chi connectivity index (χ0) is 48.7. The van der Waals surface area contributed by atoms with Gasteiger partial charge in [0, 0.05) is 32.8 Å². The third-order valence-corrected chi connectivity index (χ3v) is 8.73. The maximum absolute atomic E-state index is 9.87. The number of aromatic nitrogens is 2. The molecule has 0 aliphatic rings. The van der Waals surface area contributed by atoms with Gasteiger partial charge in [-0.1, -0.05) is 139 Å². The number of benzene rings is 8. The second kappa shape index (κ2) is 11.5. The highest BCUT2D eigenvalue weighted by molar-refractivity contribution is 6.13. The normalized spacial score (nSPS) is 16.6. The van der Waals surface area contributed by atoms with E-state index < -0.39 is 95.7 Å². The molecule has 0 radical (unpaired) electrons. The van der Waals surface area contributed by atoms with Crippen LogP contribution in [0.3, 0.4) is 0 Å². The summed E-state index contributed by atoms with van der Waals surface area (Å²) in [6.45, 7) is 0. The number of hydrogen-bond donors (Lipinski definition) is 0. The highest BCUT2D eigenvalue weighted by atomic mass is 15.0. The van der Waals surface area contributed by atoms with Gasteiger partial charge in [0.05, 0.1) is 52.4 Å². The lowest BCUT2D eigenvalue weighted by atomic mass is 10.0. The molecule has 0 spiro atoms. The van der Waals surface area contributed by atoms with Crippen LogP contribution in [0.25, 0.3) is 88.4 Å². The summed E-state index contributed by atoms with van der Waals surface area (Å²) in [6, 6.07) is 13.5. The van der Waals surface area contributed by atoms with Crippen molar-refractivity contribution < 1.29 is 24.7 Å². The third kappa shape index (κ3) is 4.50. The largest absolute Gasteiger partial charge is 0.309 e. The van der Waals surface area contributed by atoms with E-state index in [1.165, 1.54) is 51.6 Å². The van der Waals surface area contributed by atoms with Crippen LogP contribution in [0.5, 0.6) is 0 Å². The summed E-state index contributed by atoms with van der Waals surface area (Å²) in [4.78, 5) is 0. The number of para-hydroxylation sites is 3. The Morgan fingerprint density at radius 2 is 0.960 bits per heavy atom. The molecule has 0 bridgehead atoms. The smallest absolute Gasteiger partial charge is 0.0645 e. The quantitative estimate of drug-likeness (QED) is 0.175. The zero-order valence-electron chi connectivity index (χ0n) is 44.0. The Morgan fingerprint density at radius 3 is 1.68 bits per heavy atom. The predicted octanol–water partition coefficient (Wildman–Crippen LogP) is 12.9. The van der Waals surface area contributed by atoms with Crippen LogP contribution in [-0.2, 0) is 0 Å². The molecule has 0 saturated carbocycles. The van der Waals surface area contributed by atoms with Crippen LogP contribution in [0.2, 0.25) is 0 Å². The standard InChI is InChI=1S/C48H32N2/c1-3-13-33(14-4-1)34-23-27-38(28-24-34)49-45-21-11-8-18-40(45)42-31-36(25-29-47(42)49)37-26-30-48-43(32-37)41-19-9-12-22-46(41)50(48)44-20-10-7-17-39(44)35-15-5-2-6-16-35/h1-32H/i1D,7D,8D,9D,11D,12D,13D,18D,19D,21D,22D,23D,25D,26D,29D,30D,31D,32D. The average Bonchev–Trinajstić information content (AvgIpc) is 3.87. The maximum Gasteiger partial charge on any atom is 0.0645 e. The molecule has 2 heterocycles. The zero-order valence-corrected chi connectivity index (χ0v) is 26.0. The molecule has 0 N–H and O–H groups in total. The van der Waals surface area contributed by atoms with Gasteiger partial charge in [0.15, 0.2) is 0 Å². The van der Waals surface area contributed by atoms with Crippen LogP contribution in [0.4, 0.5) is 0 Å². The first-order valence-electron chi connectivity index (χ1n) is 24.7. The molecule has 8 aromatic carbocycles. The summed E-state index contributed by atoms with van der Waals surface area (Å²) >= 11 is 0. The van der Waals surface area contributed by atoms with Crippen LogP contribution in [0.1, 0.15) is 24.7 Å². The minimum absolute atomic E-state index is 0.00962. The molecule has 2 heteroatoms. The summed E-state index contributed by atoms with van der Waals surface area (Å²) < 4.78 is 166. The van der Waals surface area contributed by atoms with Crippen molar-refractivity contribution in [3.8, 4) is 44.8 Å². The first kappa shape index (κ1) is 15.7. The van der Waals surface area contributed by atoms with Crippen molar-refractivity contribution in [1.29, 1.82) is 0 Å². The SMILES string of the molecule is [2H]c1ccc(-c2ccc(-n3c4c([2H])c([2H])c([2H])c([2H])c4c4c([2H])c(-c5c([2H])c([2H])c6c(c5[2H])c5c([2H])c([2H])c([2H])c([2H])c5n6-c5ccc([2H])cc5-c5ccccc5)c([2H])c([2H])c43)cc2[2H])c([2H])c1. The molecule has 0 fully saturated rings. The fourth-order valence-corrected chi connectivity index (χ4v) is 6.48. The number of fused-ring (bicyclic) bond motifs is 6. The Labute approximate surface area is 316 Å². The fraction of sp³-hybridized carbons (Fsp3) is 0. The first-order valence-corrected chi connectivity index (χ1v) is 15.7. The van der Waals surface area contributed by atoms with Crippen molar-refractivity contribution in [3.05, 3.63) is 194 Å². The van der Waals surface area contributed by atoms with Crippen molar-refractivity contribution >= 4 is 43.6 Å². The van der Waals surface area contributed by atoms with Crippen LogP contribution in [0, 0.1) is 0 Å². The van der Waals surface area contributed by atoms with E-state index in [1.807, 2.05) is 0 Å². The van der Waals surface area contributed by atoms with Crippen LogP contribution >= 0.6 is 0 Å². The monoisotopic (exact) mass is 654 g/mol. The lowest BCUT2D eigenvalue weighted by Crippen LogP contribution is -1.97. The third-order valence-electron chi connectivity index (χ3n) is 8.73. The molecule has 10 aromatic rings. The molecule has 2 aromatic heterocycles. The molecule has 0 unspecified atom stereocenters. The predicted molar refractivity (Wildman–Crippen MR) is 211 cm³/mol. The number of hydrogen-bond acceptors (Lipinski definition) is 0. The van der Waals surface area contributed by atoms with Gasteiger partial charge in [-0.05, 0) is 82.3 Å². The first-order chi connectivity index (χ1) is 32.3. The Kier molecular flexibility index (Phi) is 3.62. The van der Waals surface area contributed by atoms with E-state index in [4.69, 9.17) is 13.7 Å². The molecule has 50 heavy (non-hydrogen) atoms. The van der Waals surface area contributed by atoms with Gasteiger partial charge in [0.2, 0.25) is 0 Å². The van der Waals surface area contributed by atoms with Gasteiger partial charge in [-0.25, -0.2) is 0 Å². The molecule has 0 saturated heterocycles. The Morgan fingerprint density at radius 1 is 0.340 bits per heavy atom. The van der Waals surface area contributed by atoms with Gasteiger partial charge in [-0.3, -0.25) is 0 Å². The minimum atomic E-state index is -0.720. The van der Waals surface area contributed by atoms with Crippen molar-refractivity contribution in [2.75, 3.05) is 0 Å². The summed E-state index contributed by atoms with van der Waals surface area (Å²) in [5.41, 5.74) is 0.349. The molecule has 0 amide bonds. The Hall–Kier alpha value is -6.64. The molecule has 0 aliphatic heterocycles. The van der Waals surface area contributed by atoms with Crippen molar-refractivity contribution in [2.24, 2.45) is 0 Å². The Balaban J connectivity index is 1.34. The molecule has 0 atom stereocenters. The van der Waals surface area contributed by atoms with E-state index >= 15 is 0 Å². The van der Waals surface area contributed by atoms with Crippen LogP contribution < -0.4 is 0 Å². The van der Waals surface area contributed by atoms with E-state index in [1.54, 1.807) is 42.5 Å². The van der Waals surface area contributed by atoms with Gasteiger partial charge in [-0.15, -0.1) is 0 Å². The topological polar surface area (TPSA) is 9.86 Å². The van der Waals surface area contributed by atoms with Gasteiger partial charge >= 0.3 is 0 Å². The summed E-state index contributed by atoms with van der Waals surface area (Å²) in [5.74, 6) is 0. The van der Waals surface area contributed by atoms with Gasteiger partial charge in [0.1, 0.15) is 0 Å². The summed E-state index contributed by atoms with van der Waals surface area (Å²) in [7, 11) is 0. The molecule has 2 nitrogen and oxygen atoms in total. The second-order valence-corrected chi connectivity index (χ2v) is 11.5. The average molecular weight is 655 g/mol. The maximum atomic E-state index is 9.87. The molecule has 234 valence electrons. The highest BCUT2D eigenvalue weighted by Gasteiger charge is 2.17. The minimum Gasteiger partial charge on any atom is -0.309 e. The van der Waals surface area contributed by atoms with E-state index in [0.29, 0.717) is 22.3 Å². The van der Waals surface area contributed by atoms with E-state index in [9.17, 15) is 11.0 Å². The summed E-state index contributed by atoms with van der Waals surface area (Å²) in [6.07, 6.45) is 0. The van der Waals surface area contributed by atoms with Crippen LogP contribution in [0.15, 0.2) is 194 Å². The van der Waals surface area contributed by atoms with Gasteiger partial charge < -0.3 is 9.13 Å². The van der Waals surface area contributed by atoms with E-state index in [2.05, 4.69) is 0 Å². The van der Waals surface area contributed by atoms with Crippen molar-refractivity contribution in [2.45, 2.75) is 0 Å². The Bertz CT molecular complexity index is 3900. The second-order valence-electron chi connectivity index (χ2n) is 11.5. The van der Waals surface area contributed by atoms with Crippen molar-refractivity contribution in [1.82, 2.24) is 9.13 Å². The van der Waals surface area contributed by atoms with Crippen LogP contribution in [-0.4, -0.2) is 9.13 Å². The lowest BCUT2D eigenvalue weighted by molar-refractivity contribution is 1.18. The molecule has 0 aliphatic carbocycles. The molecular formula is C48H32N2. The van der Waals surface area contributed by atoms with E-state index in [0.717, 1.165) is 0 Å². The number of nitrogens with zero attached hydrogens (tertiary/aromatic N) is 2. The highest BCUT2D eigenvalue weighted by Crippen LogP contribution is 2.40. The van der Waals surface area contributed by atoms with Crippen molar-refractivity contribution in [3.63, 3.8) is 0 Å². The van der Waals surface area contributed by atoms with E-state index in [-0.39, 0.29) is 79.2 Å². The summed E-state index contributed by atoms with van der Waals surface area (Å²) in [5, 5.41) is -0.902. The molecular weight excluding hydrogens is 605 g/mol. The number of rotatable bonds is 5. The lowest BCUT2D eigenvalue weighted by Gasteiger charge is -2.14. The fourth-order valence-electron chi connectivity index (χ4n) is 6.48. The van der Waals surface area contributed by atoms with Gasteiger partial charge in [0.25, 0.3) is 0 Å². The molecule has 10 rings (SSSR count).